The van der Waals surface area contributed by atoms with E-state index in [1.54, 1.807) is 56.0 Å². The Morgan fingerprint density at radius 1 is 1.03 bits per heavy atom. The van der Waals surface area contributed by atoms with Crippen LogP contribution < -0.4 is 14.2 Å². The van der Waals surface area contributed by atoms with Gasteiger partial charge in [0.25, 0.3) is 11.7 Å². The molecule has 200 valence electrons. The molecule has 1 fully saturated rings. The first-order valence-electron chi connectivity index (χ1n) is 12.7. The smallest absolute Gasteiger partial charge is 0.295 e. The minimum Gasteiger partial charge on any atom is -0.507 e. The van der Waals surface area contributed by atoms with Crippen molar-refractivity contribution >= 4 is 17.4 Å². The van der Waals surface area contributed by atoms with Crippen molar-refractivity contribution in [1.82, 2.24) is 14.5 Å². The fraction of sp³-hybridized carbons (Fsp3) is 0.345. The van der Waals surface area contributed by atoms with Gasteiger partial charge in [0.05, 0.1) is 38.8 Å². The fourth-order valence-electron chi connectivity index (χ4n) is 4.53. The van der Waals surface area contributed by atoms with Gasteiger partial charge in [0.15, 0.2) is 11.5 Å². The topological polar surface area (TPSA) is 103 Å². The fourth-order valence-corrected chi connectivity index (χ4v) is 4.53. The lowest BCUT2D eigenvalue weighted by molar-refractivity contribution is -0.139. The van der Waals surface area contributed by atoms with E-state index in [4.69, 9.17) is 14.2 Å². The molecule has 1 amide bonds. The number of Topliss-reactive ketones (excluding diaryl/α,β-unsaturated/α-hetero) is 1. The van der Waals surface area contributed by atoms with E-state index in [2.05, 4.69) is 11.9 Å². The van der Waals surface area contributed by atoms with Crippen LogP contribution in [0.25, 0.3) is 5.76 Å². The number of aliphatic hydroxyl groups is 1. The first-order chi connectivity index (χ1) is 18.5. The second-order valence-corrected chi connectivity index (χ2v) is 8.99. The Labute approximate surface area is 222 Å². The number of unbranched alkanes of at least 4 members (excludes halogenated alkanes) is 1. The molecule has 1 aliphatic heterocycles. The third kappa shape index (κ3) is 5.66. The number of hydrogen-bond acceptors (Lipinski definition) is 7. The van der Waals surface area contributed by atoms with Crippen LogP contribution in [0.15, 0.2) is 66.8 Å². The molecule has 0 aliphatic carbocycles. The van der Waals surface area contributed by atoms with Gasteiger partial charge in [-0.2, -0.15) is 0 Å². The van der Waals surface area contributed by atoms with Gasteiger partial charge in [-0.15, -0.1) is 0 Å². The van der Waals surface area contributed by atoms with Gasteiger partial charge < -0.3 is 28.8 Å². The summed E-state index contributed by atoms with van der Waals surface area (Å²) in [5, 5.41) is 11.3. The number of carbonyl (C=O) groups is 2. The highest BCUT2D eigenvalue weighted by Gasteiger charge is 2.46. The zero-order valence-electron chi connectivity index (χ0n) is 21.9. The van der Waals surface area contributed by atoms with E-state index >= 15 is 0 Å². The molecule has 9 heteroatoms. The number of ether oxygens (including phenoxy) is 3. The summed E-state index contributed by atoms with van der Waals surface area (Å²) >= 11 is 0. The molecule has 3 aromatic rings. The molecule has 2 heterocycles. The zero-order valence-corrected chi connectivity index (χ0v) is 21.9. The SMILES string of the molecule is CCCCOc1ccc([C@H]2C(=C(O)c3cccc(OC)c3)C(=O)C(=O)N2CCCn2ccnc2)cc1OC. The highest BCUT2D eigenvalue weighted by atomic mass is 16.5. The molecule has 0 bridgehead atoms. The first-order valence-corrected chi connectivity index (χ1v) is 12.7. The Bertz CT molecular complexity index is 1300. The van der Waals surface area contributed by atoms with Crippen LogP contribution in [-0.4, -0.2) is 58.6 Å². The highest BCUT2D eigenvalue weighted by Crippen LogP contribution is 2.42. The van der Waals surface area contributed by atoms with Gasteiger partial charge in [-0.05, 0) is 42.7 Å². The average molecular weight is 520 g/mol. The van der Waals surface area contributed by atoms with Gasteiger partial charge >= 0.3 is 0 Å². The van der Waals surface area contributed by atoms with Crippen molar-refractivity contribution in [3.8, 4) is 17.2 Å². The second kappa shape index (κ2) is 12.3. The summed E-state index contributed by atoms with van der Waals surface area (Å²) in [6.45, 7) is 3.56. The molecule has 1 N–H and O–H groups in total. The number of aromatic nitrogens is 2. The van der Waals surface area contributed by atoms with Crippen molar-refractivity contribution in [2.75, 3.05) is 27.4 Å². The number of aryl methyl sites for hydroxylation is 1. The van der Waals surface area contributed by atoms with Gasteiger partial charge in [0, 0.05) is 31.0 Å². The van der Waals surface area contributed by atoms with Crippen LogP contribution in [0.2, 0.25) is 0 Å². The third-order valence-corrected chi connectivity index (χ3v) is 6.52. The molecule has 1 aromatic heterocycles. The molecular weight excluding hydrogens is 486 g/mol. The van der Waals surface area contributed by atoms with Gasteiger partial charge in [0.2, 0.25) is 0 Å². The number of rotatable bonds is 12. The number of aliphatic hydroxyl groups excluding tert-OH is 1. The molecule has 0 radical (unpaired) electrons. The van der Waals surface area contributed by atoms with E-state index in [9.17, 15) is 14.7 Å². The van der Waals surface area contributed by atoms with Crippen LogP contribution in [0.4, 0.5) is 0 Å². The molecular formula is C29H33N3O6. The Balaban J connectivity index is 1.75. The quantitative estimate of drug-likeness (QED) is 0.162. The van der Waals surface area contributed by atoms with Crippen molar-refractivity contribution in [2.24, 2.45) is 0 Å². The maximum atomic E-state index is 13.3. The standard InChI is InChI=1S/C29H33N3O6/c1-4-5-16-38-23-11-10-20(18-24(23)37-3)26-25(27(33)21-8-6-9-22(17-21)36-2)28(34)29(35)32(26)14-7-13-31-15-12-30-19-31/h6,8-12,15,17-19,26,33H,4-5,7,13-14,16H2,1-3H3/t26-/m0/s1. The second-order valence-electron chi connectivity index (χ2n) is 8.99. The minimum atomic E-state index is -0.803. The zero-order chi connectivity index (χ0) is 27.1. The summed E-state index contributed by atoms with van der Waals surface area (Å²) < 4.78 is 18.7. The Morgan fingerprint density at radius 2 is 1.87 bits per heavy atom. The number of carbonyl (C=O) groups excluding carboxylic acids is 2. The molecule has 0 saturated carbocycles. The molecule has 1 atom stereocenters. The van der Waals surface area contributed by atoms with Crippen LogP contribution in [0.1, 0.15) is 43.4 Å². The number of likely N-dealkylation sites (tertiary alicyclic amines) is 1. The molecule has 0 spiro atoms. The lowest BCUT2D eigenvalue weighted by Gasteiger charge is -2.26. The van der Waals surface area contributed by atoms with Crippen molar-refractivity contribution in [2.45, 2.75) is 38.8 Å². The summed E-state index contributed by atoms with van der Waals surface area (Å²) in [5.41, 5.74) is 1.04. The molecule has 4 rings (SSSR count). The number of benzene rings is 2. The van der Waals surface area contributed by atoms with E-state index in [1.165, 1.54) is 12.0 Å². The monoisotopic (exact) mass is 519 g/mol. The Kier molecular flexibility index (Phi) is 8.68. The normalized spacial score (nSPS) is 16.6. The van der Waals surface area contributed by atoms with E-state index in [1.807, 2.05) is 16.8 Å². The summed E-state index contributed by atoms with van der Waals surface area (Å²) in [7, 11) is 3.07. The predicted octanol–water partition coefficient (Wildman–Crippen LogP) is 4.59. The molecule has 0 unspecified atom stereocenters. The number of nitrogens with zero attached hydrogens (tertiary/aromatic N) is 3. The lowest BCUT2D eigenvalue weighted by Crippen LogP contribution is -2.31. The van der Waals surface area contributed by atoms with E-state index < -0.39 is 17.7 Å². The average Bonchev–Trinajstić information content (AvgIpc) is 3.55. The van der Waals surface area contributed by atoms with Crippen molar-refractivity contribution in [3.05, 3.63) is 77.9 Å². The van der Waals surface area contributed by atoms with Crippen LogP contribution in [0.3, 0.4) is 0 Å². The maximum absolute atomic E-state index is 13.3. The van der Waals surface area contributed by atoms with Gasteiger partial charge in [0.1, 0.15) is 11.5 Å². The summed E-state index contributed by atoms with van der Waals surface area (Å²) in [5.74, 6) is -0.0620. The van der Waals surface area contributed by atoms with Crippen LogP contribution in [0.5, 0.6) is 17.2 Å². The minimum absolute atomic E-state index is 0.0209. The Morgan fingerprint density at radius 3 is 2.58 bits per heavy atom. The van der Waals surface area contributed by atoms with E-state index in [0.717, 1.165) is 12.8 Å². The highest BCUT2D eigenvalue weighted by molar-refractivity contribution is 6.46. The molecule has 38 heavy (non-hydrogen) atoms. The molecule has 2 aromatic carbocycles. The molecule has 1 aliphatic rings. The van der Waals surface area contributed by atoms with Crippen molar-refractivity contribution in [1.29, 1.82) is 0 Å². The summed E-state index contributed by atoms with van der Waals surface area (Å²) in [6, 6.07) is 11.3. The summed E-state index contributed by atoms with van der Waals surface area (Å²) in [6.07, 6.45) is 7.74. The first kappa shape index (κ1) is 26.8. The van der Waals surface area contributed by atoms with E-state index in [-0.39, 0.29) is 11.3 Å². The number of imidazole rings is 1. The van der Waals surface area contributed by atoms with Crippen molar-refractivity contribution < 1.29 is 28.9 Å². The lowest BCUT2D eigenvalue weighted by atomic mass is 9.95. The predicted molar refractivity (Wildman–Crippen MR) is 142 cm³/mol. The van der Waals surface area contributed by atoms with Gasteiger partial charge in [-0.1, -0.05) is 31.5 Å². The maximum Gasteiger partial charge on any atom is 0.295 e. The van der Waals surface area contributed by atoms with Crippen LogP contribution >= 0.6 is 0 Å². The largest absolute Gasteiger partial charge is 0.507 e. The van der Waals surface area contributed by atoms with Gasteiger partial charge in [-0.25, -0.2) is 4.98 Å². The third-order valence-electron chi connectivity index (χ3n) is 6.52. The van der Waals surface area contributed by atoms with Gasteiger partial charge in [-0.3, -0.25) is 9.59 Å². The van der Waals surface area contributed by atoms with E-state index in [0.29, 0.717) is 54.5 Å². The van der Waals surface area contributed by atoms with Crippen LogP contribution in [0, 0.1) is 0 Å². The number of hydrogen-bond donors (Lipinski definition) is 1. The molecule has 1 saturated heterocycles. The Hall–Kier alpha value is -4.27. The number of ketones is 1. The van der Waals surface area contributed by atoms with Crippen LogP contribution in [-0.2, 0) is 16.1 Å². The summed E-state index contributed by atoms with van der Waals surface area (Å²) in [4.78, 5) is 32.2. The number of amides is 1. The number of methoxy groups -OCH3 is 2. The van der Waals surface area contributed by atoms with Crippen molar-refractivity contribution in [3.63, 3.8) is 0 Å². The molecule has 9 nitrogen and oxygen atoms in total.